The molecule has 1 saturated heterocycles. The lowest BCUT2D eigenvalue weighted by Gasteiger charge is -2.36. The lowest BCUT2D eigenvalue weighted by Crippen LogP contribution is -2.48. The molecule has 2 heterocycles. The number of benzene rings is 2. The predicted octanol–water partition coefficient (Wildman–Crippen LogP) is 5.94. The molecule has 1 aliphatic heterocycles. The minimum atomic E-state index is -4.47. The maximum absolute atomic E-state index is 15.1. The van der Waals surface area contributed by atoms with Gasteiger partial charge in [-0.15, -0.1) is 0 Å². The average molecular weight is 589 g/mol. The molecule has 1 fully saturated rings. The van der Waals surface area contributed by atoms with Crippen molar-refractivity contribution < 1.29 is 31.8 Å². The highest BCUT2D eigenvalue weighted by Gasteiger charge is 2.32. The summed E-state index contributed by atoms with van der Waals surface area (Å²) in [7, 11) is 2.73. The van der Waals surface area contributed by atoms with E-state index < -0.39 is 30.9 Å². The number of nitrogens with zero attached hydrogens (tertiary/aromatic N) is 2. The van der Waals surface area contributed by atoms with Crippen LogP contribution in [0.25, 0.3) is 10.9 Å². The minimum Gasteiger partial charge on any atom is -0.495 e. The fourth-order valence-electron chi connectivity index (χ4n) is 5.23. The summed E-state index contributed by atoms with van der Waals surface area (Å²) in [4.78, 5) is 13.9. The molecule has 0 unspecified atom stereocenters. The molecule has 2 N–H and O–H groups in total. The number of nitrogens with one attached hydrogen (secondary N) is 2. The van der Waals surface area contributed by atoms with Crippen LogP contribution in [0, 0.1) is 17.8 Å². The second-order valence-electron chi connectivity index (χ2n) is 10.7. The quantitative estimate of drug-likeness (QED) is 0.183. The summed E-state index contributed by atoms with van der Waals surface area (Å²) < 4.78 is 67.1. The van der Waals surface area contributed by atoms with Gasteiger partial charge in [-0.05, 0) is 54.7 Å². The van der Waals surface area contributed by atoms with Crippen LogP contribution in [0.1, 0.15) is 36.3 Å². The van der Waals surface area contributed by atoms with Crippen molar-refractivity contribution in [3.05, 3.63) is 53.7 Å². The van der Waals surface area contributed by atoms with Crippen molar-refractivity contribution in [3.63, 3.8) is 0 Å². The second-order valence-corrected chi connectivity index (χ2v) is 10.7. The Labute approximate surface area is 243 Å². The Morgan fingerprint density at radius 3 is 2.60 bits per heavy atom. The zero-order valence-corrected chi connectivity index (χ0v) is 24.1. The van der Waals surface area contributed by atoms with E-state index in [1.807, 2.05) is 0 Å². The van der Waals surface area contributed by atoms with Crippen molar-refractivity contribution in [1.82, 2.24) is 9.47 Å². The maximum atomic E-state index is 15.1. The van der Waals surface area contributed by atoms with E-state index in [0.717, 1.165) is 17.7 Å². The fraction of sp³-hybridized carbons (Fsp3) is 0.452. The van der Waals surface area contributed by atoms with Crippen molar-refractivity contribution in [2.45, 2.75) is 45.2 Å². The first-order valence-corrected chi connectivity index (χ1v) is 13.8. The number of hydrogen-bond acceptors (Lipinski definition) is 6. The van der Waals surface area contributed by atoms with Gasteiger partial charge in [0, 0.05) is 30.7 Å². The number of aromatic nitrogens is 1. The largest absolute Gasteiger partial charge is 0.495 e. The van der Waals surface area contributed by atoms with E-state index in [1.54, 1.807) is 36.4 Å². The van der Waals surface area contributed by atoms with Gasteiger partial charge in [-0.3, -0.25) is 0 Å². The van der Waals surface area contributed by atoms with Crippen LogP contribution < -0.4 is 15.4 Å². The number of rotatable bonds is 9. The number of carbonyl (C=O) groups is 1. The Kier molecular flexibility index (Phi) is 9.89. The van der Waals surface area contributed by atoms with Crippen LogP contribution >= 0.6 is 0 Å². The summed E-state index contributed by atoms with van der Waals surface area (Å²) in [6.07, 6.45) is -4.98. The number of carbonyl (C=O) groups excluding carboxylic acids is 1. The standard InChI is InChI=1S/C31H36F4N4O3/c1-20(2)17-38-14-12-26(24(32)18-38)37-25-8-5-9-28-23(25)16-22(39(28)19-31(33,34)35)7-6-13-36-27-11-10-21(30(40)42-4)15-29(27)41-3/h5,8-11,15-16,20,24,26,36-37H,12-14,17-19H2,1-4H3/t24-,26+/m0/s1. The van der Waals surface area contributed by atoms with Crippen LogP contribution in [0.5, 0.6) is 5.75 Å². The molecule has 0 radical (unpaired) electrons. The topological polar surface area (TPSA) is 67.8 Å². The van der Waals surface area contributed by atoms with E-state index in [2.05, 4.69) is 41.2 Å². The van der Waals surface area contributed by atoms with Crippen LogP contribution in [0.15, 0.2) is 42.5 Å². The van der Waals surface area contributed by atoms with Crippen molar-refractivity contribution in [3.8, 4) is 17.6 Å². The molecule has 2 aromatic carbocycles. The number of esters is 1. The summed E-state index contributed by atoms with van der Waals surface area (Å²) in [5, 5.41) is 6.88. The zero-order valence-electron chi connectivity index (χ0n) is 24.1. The summed E-state index contributed by atoms with van der Waals surface area (Å²) in [5.74, 6) is 6.06. The van der Waals surface area contributed by atoms with E-state index in [1.165, 1.54) is 20.3 Å². The molecule has 0 bridgehead atoms. The molecule has 226 valence electrons. The zero-order chi connectivity index (χ0) is 30.4. The Hall–Kier alpha value is -3.91. The number of ether oxygens (including phenoxy) is 2. The van der Waals surface area contributed by atoms with Crippen LogP contribution in [-0.4, -0.2) is 74.2 Å². The first kappa shape index (κ1) is 31.0. The number of methoxy groups -OCH3 is 2. The van der Waals surface area contributed by atoms with Gasteiger partial charge in [-0.25, -0.2) is 9.18 Å². The van der Waals surface area contributed by atoms with E-state index in [9.17, 15) is 18.0 Å². The van der Waals surface area contributed by atoms with Gasteiger partial charge in [0.25, 0.3) is 0 Å². The number of halogens is 4. The molecule has 7 nitrogen and oxygen atoms in total. The number of alkyl halides is 4. The lowest BCUT2D eigenvalue weighted by atomic mass is 10.0. The number of piperidine rings is 1. The molecular weight excluding hydrogens is 552 g/mol. The molecule has 0 amide bonds. The maximum Gasteiger partial charge on any atom is 0.406 e. The van der Waals surface area contributed by atoms with E-state index in [0.29, 0.717) is 52.5 Å². The Balaban J connectivity index is 1.56. The third-order valence-corrected chi connectivity index (χ3v) is 7.08. The van der Waals surface area contributed by atoms with Crippen LogP contribution in [0.2, 0.25) is 0 Å². The SMILES string of the molecule is COC(=O)c1ccc(NCC#Cc2cc3c(N[C@@H]4CCN(CC(C)C)C[C@@H]4F)cccc3n2CC(F)(F)F)c(OC)c1. The van der Waals surface area contributed by atoms with Gasteiger partial charge >= 0.3 is 12.1 Å². The van der Waals surface area contributed by atoms with Crippen molar-refractivity contribution in [2.24, 2.45) is 5.92 Å². The van der Waals surface area contributed by atoms with Crippen LogP contribution in [0.4, 0.5) is 28.9 Å². The van der Waals surface area contributed by atoms with Gasteiger partial charge < -0.3 is 29.6 Å². The van der Waals surface area contributed by atoms with Gasteiger partial charge in [0.1, 0.15) is 18.5 Å². The van der Waals surface area contributed by atoms with Crippen LogP contribution in [0.3, 0.4) is 0 Å². The molecule has 0 saturated carbocycles. The monoisotopic (exact) mass is 588 g/mol. The number of fused-ring (bicyclic) bond motifs is 1. The Morgan fingerprint density at radius 1 is 1.14 bits per heavy atom. The summed E-state index contributed by atoms with van der Waals surface area (Å²) in [6.45, 7) is 4.99. The molecule has 11 heteroatoms. The first-order chi connectivity index (χ1) is 20.0. The summed E-state index contributed by atoms with van der Waals surface area (Å²) >= 11 is 0. The van der Waals surface area contributed by atoms with Gasteiger partial charge in [0.2, 0.25) is 0 Å². The van der Waals surface area contributed by atoms with Gasteiger partial charge in [0.15, 0.2) is 0 Å². The predicted molar refractivity (Wildman–Crippen MR) is 156 cm³/mol. The van der Waals surface area contributed by atoms with E-state index in [4.69, 9.17) is 9.47 Å². The number of hydrogen-bond donors (Lipinski definition) is 2. The average Bonchev–Trinajstić information content (AvgIpc) is 3.28. The molecule has 0 aliphatic carbocycles. The minimum absolute atomic E-state index is 0.102. The van der Waals surface area contributed by atoms with Gasteiger partial charge in [0.05, 0.1) is 49.3 Å². The van der Waals surface area contributed by atoms with Gasteiger partial charge in [-0.2, -0.15) is 13.2 Å². The Morgan fingerprint density at radius 2 is 1.93 bits per heavy atom. The highest BCUT2D eigenvalue weighted by atomic mass is 19.4. The van der Waals surface area contributed by atoms with Crippen molar-refractivity contribution >= 4 is 28.2 Å². The first-order valence-electron chi connectivity index (χ1n) is 13.8. The van der Waals surface area contributed by atoms with Crippen molar-refractivity contribution in [1.29, 1.82) is 0 Å². The molecule has 1 aliphatic rings. The fourth-order valence-corrected chi connectivity index (χ4v) is 5.23. The molecule has 0 spiro atoms. The van der Waals surface area contributed by atoms with Crippen molar-refractivity contribution in [2.75, 3.05) is 51.0 Å². The van der Waals surface area contributed by atoms with Crippen LogP contribution in [-0.2, 0) is 11.3 Å². The molecular formula is C31H36F4N4O3. The molecule has 1 aromatic heterocycles. The summed E-state index contributed by atoms with van der Waals surface area (Å²) in [5.41, 5.74) is 2.00. The second kappa shape index (κ2) is 13.4. The summed E-state index contributed by atoms with van der Waals surface area (Å²) in [6, 6.07) is 10.9. The number of anilines is 2. The lowest BCUT2D eigenvalue weighted by molar-refractivity contribution is -0.140. The highest BCUT2D eigenvalue weighted by Crippen LogP contribution is 2.32. The molecule has 4 rings (SSSR count). The Bertz CT molecular complexity index is 1460. The molecule has 2 atom stereocenters. The van der Waals surface area contributed by atoms with E-state index >= 15 is 4.39 Å². The number of likely N-dealkylation sites (tertiary alicyclic amines) is 1. The third kappa shape index (κ3) is 7.68. The molecule has 42 heavy (non-hydrogen) atoms. The highest BCUT2D eigenvalue weighted by molar-refractivity contribution is 5.94. The van der Waals surface area contributed by atoms with E-state index in [-0.39, 0.29) is 12.2 Å². The normalized spacial score (nSPS) is 17.5. The molecule has 3 aromatic rings. The van der Waals surface area contributed by atoms with Gasteiger partial charge in [-0.1, -0.05) is 25.8 Å². The smallest absolute Gasteiger partial charge is 0.406 e. The third-order valence-electron chi connectivity index (χ3n) is 7.08.